The molecule has 0 fully saturated rings. The molecule has 0 aliphatic carbocycles. The molecule has 0 radical (unpaired) electrons. The Labute approximate surface area is 279 Å². The second kappa shape index (κ2) is 16.5. The summed E-state index contributed by atoms with van der Waals surface area (Å²) >= 11 is 0. The zero-order valence-electron chi connectivity index (χ0n) is 25.9. The molecule has 252 valence electrons. The Balaban J connectivity index is 1.30. The number of benzene rings is 4. The molecule has 0 saturated carbocycles. The van der Waals surface area contributed by atoms with E-state index in [-0.39, 0.29) is 29.3 Å². The van der Waals surface area contributed by atoms with Gasteiger partial charge < -0.3 is 29.9 Å². The van der Waals surface area contributed by atoms with Gasteiger partial charge in [-0.2, -0.15) is 0 Å². The van der Waals surface area contributed by atoms with E-state index in [1.165, 1.54) is 36.4 Å². The maximum Gasteiger partial charge on any atom is 0.336 e. The molecule has 11 nitrogen and oxygen atoms in total. The molecule has 4 rings (SSSR count). The van der Waals surface area contributed by atoms with Crippen LogP contribution in [0.2, 0.25) is 0 Å². The van der Waals surface area contributed by atoms with Gasteiger partial charge in [0.05, 0.1) is 35.5 Å². The Bertz CT molecular complexity index is 1900. The molecule has 0 saturated heterocycles. The third kappa shape index (κ3) is 9.61. The lowest BCUT2D eigenvalue weighted by Gasteiger charge is -2.15. The fraction of sp³-hybridized carbons (Fsp3) is 0.162. The van der Waals surface area contributed by atoms with E-state index < -0.39 is 51.9 Å². The lowest BCUT2D eigenvalue weighted by atomic mass is 9.95. The highest BCUT2D eigenvalue weighted by molar-refractivity contribution is 6.07. The standard InChI is InChI=1S/C37H31FO11/c38-25-11-8-23(9-12-25)32(39)16-7-22-5-13-26(14-6-22)48-17-3-1-2-4-18-49-33-21-31(37(46)47)30(36(44)45)20-28(33)24-10-15-27(34(40)41)29(19-24)35(42)43/h5-16,19-21H,1-4,17-18H2,(H,40,41)(H,42,43)(H,44,45)(H,46,47). The van der Waals surface area contributed by atoms with Gasteiger partial charge in [0, 0.05) is 11.1 Å². The monoisotopic (exact) mass is 670 g/mol. The number of carbonyl (C=O) groups is 5. The van der Waals surface area contributed by atoms with Gasteiger partial charge in [-0.25, -0.2) is 23.6 Å². The highest BCUT2D eigenvalue weighted by Gasteiger charge is 2.23. The minimum Gasteiger partial charge on any atom is -0.494 e. The van der Waals surface area contributed by atoms with Crippen LogP contribution in [0.15, 0.2) is 84.9 Å². The first-order valence-corrected chi connectivity index (χ1v) is 15.0. The van der Waals surface area contributed by atoms with Gasteiger partial charge in [-0.1, -0.05) is 24.3 Å². The summed E-state index contributed by atoms with van der Waals surface area (Å²) in [7, 11) is 0. The van der Waals surface area contributed by atoms with Crippen molar-refractivity contribution in [1.82, 2.24) is 0 Å². The molecular formula is C37H31FO11. The van der Waals surface area contributed by atoms with Crippen molar-refractivity contribution >= 4 is 35.7 Å². The molecular weight excluding hydrogens is 639 g/mol. The Morgan fingerprint density at radius 3 is 1.73 bits per heavy atom. The summed E-state index contributed by atoms with van der Waals surface area (Å²) < 4.78 is 24.7. The number of ketones is 1. The van der Waals surface area contributed by atoms with E-state index in [1.807, 2.05) is 0 Å². The van der Waals surface area contributed by atoms with Crippen LogP contribution in [0.1, 0.15) is 83.0 Å². The maximum atomic E-state index is 13.1. The molecule has 0 unspecified atom stereocenters. The summed E-state index contributed by atoms with van der Waals surface area (Å²) in [5.74, 6) is -5.98. The van der Waals surface area contributed by atoms with Gasteiger partial charge in [0.1, 0.15) is 17.3 Å². The zero-order chi connectivity index (χ0) is 35.5. The second-order valence-electron chi connectivity index (χ2n) is 10.8. The zero-order valence-corrected chi connectivity index (χ0v) is 25.9. The molecule has 4 aromatic carbocycles. The molecule has 0 aromatic heterocycles. The first-order valence-electron chi connectivity index (χ1n) is 15.0. The van der Waals surface area contributed by atoms with Gasteiger partial charge in [0.15, 0.2) is 5.78 Å². The number of hydrogen-bond acceptors (Lipinski definition) is 7. The van der Waals surface area contributed by atoms with Crippen LogP contribution in [0.3, 0.4) is 0 Å². The number of rotatable bonds is 17. The van der Waals surface area contributed by atoms with E-state index in [4.69, 9.17) is 9.47 Å². The van der Waals surface area contributed by atoms with E-state index in [1.54, 1.807) is 30.3 Å². The van der Waals surface area contributed by atoms with E-state index in [0.29, 0.717) is 24.3 Å². The molecule has 0 spiro atoms. The largest absolute Gasteiger partial charge is 0.494 e. The van der Waals surface area contributed by atoms with Gasteiger partial charge in [-0.15, -0.1) is 0 Å². The van der Waals surface area contributed by atoms with Crippen molar-refractivity contribution < 1.29 is 58.3 Å². The summed E-state index contributed by atoms with van der Waals surface area (Å²) in [6.45, 7) is 0.580. The first kappa shape index (κ1) is 35.6. The van der Waals surface area contributed by atoms with Crippen molar-refractivity contribution in [3.05, 3.63) is 124 Å². The van der Waals surface area contributed by atoms with E-state index in [9.17, 15) is 48.8 Å². The number of allylic oxidation sites excluding steroid dienone is 1. The quantitative estimate of drug-likeness (QED) is 0.0506. The number of carbonyl (C=O) groups excluding carboxylic acids is 1. The van der Waals surface area contributed by atoms with Crippen LogP contribution in [0.25, 0.3) is 17.2 Å². The SMILES string of the molecule is O=C(C=Cc1ccc(OCCCCCCOc2cc(C(=O)O)c(C(=O)O)cc2-c2ccc(C(=O)O)c(C(=O)O)c2)cc1)c1ccc(F)cc1. The van der Waals surface area contributed by atoms with Gasteiger partial charge in [-0.3, -0.25) is 4.79 Å². The molecule has 4 aromatic rings. The van der Waals surface area contributed by atoms with Gasteiger partial charge >= 0.3 is 23.9 Å². The third-order valence-electron chi connectivity index (χ3n) is 7.37. The number of carboxylic acid groups (broad SMARTS) is 4. The molecule has 0 aliphatic heterocycles. The first-order chi connectivity index (χ1) is 23.4. The van der Waals surface area contributed by atoms with Crippen molar-refractivity contribution in [3.8, 4) is 22.6 Å². The molecule has 0 bridgehead atoms. The highest BCUT2D eigenvalue weighted by atomic mass is 19.1. The number of aromatic carboxylic acids is 4. The van der Waals surface area contributed by atoms with Crippen molar-refractivity contribution in [3.63, 3.8) is 0 Å². The van der Waals surface area contributed by atoms with Gasteiger partial charge in [-0.05, 0) is 104 Å². The molecule has 0 heterocycles. The number of hydrogen-bond donors (Lipinski definition) is 4. The van der Waals surface area contributed by atoms with Crippen LogP contribution in [0, 0.1) is 5.82 Å². The molecule has 12 heteroatoms. The summed E-state index contributed by atoms with van der Waals surface area (Å²) in [6.07, 6.45) is 5.85. The van der Waals surface area contributed by atoms with Crippen molar-refractivity contribution in [2.24, 2.45) is 0 Å². The fourth-order valence-corrected chi connectivity index (χ4v) is 4.84. The smallest absolute Gasteiger partial charge is 0.336 e. The summed E-state index contributed by atoms with van der Waals surface area (Å²) in [5, 5.41) is 38.1. The van der Waals surface area contributed by atoms with Crippen LogP contribution in [-0.2, 0) is 0 Å². The molecule has 0 aliphatic rings. The Kier molecular flexibility index (Phi) is 12.0. The van der Waals surface area contributed by atoms with Crippen molar-refractivity contribution in [2.45, 2.75) is 25.7 Å². The minimum absolute atomic E-state index is 0.00302. The molecule has 4 N–H and O–H groups in total. The number of unbranched alkanes of at least 4 members (excludes halogenated alkanes) is 3. The highest BCUT2D eigenvalue weighted by Crippen LogP contribution is 2.35. The summed E-state index contributed by atoms with van der Waals surface area (Å²) in [5.41, 5.74) is -0.656. The molecule has 0 amide bonds. The fourth-order valence-electron chi connectivity index (χ4n) is 4.84. The lowest BCUT2D eigenvalue weighted by molar-refractivity contribution is 0.0651. The van der Waals surface area contributed by atoms with Crippen LogP contribution < -0.4 is 9.47 Å². The maximum absolute atomic E-state index is 13.1. The predicted octanol–water partition coefficient (Wildman–Crippen LogP) is 7.20. The van der Waals surface area contributed by atoms with Gasteiger partial charge in [0.25, 0.3) is 0 Å². The average Bonchev–Trinajstić information content (AvgIpc) is 3.08. The summed E-state index contributed by atoms with van der Waals surface area (Å²) in [4.78, 5) is 59.1. The topological polar surface area (TPSA) is 185 Å². The normalized spacial score (nSPS) is 10.9. The average molecular weight is 671 g/mol. The molecule has 0 atom stereocenters. The number of halogens is 1. The van der Waals surface area contributed by atoms with E-state index in [0.717, 1.165) is 49.1 Å². The van der Waals surface area contributed by atoms with Crippen molar-refractivity contribution in [1.29, 1.82) is 0 Å². The third-order valence-corrected chi connectivity index (χ3v) is 7.37. The van der Waals surface area contributed by atoms with E-state index >= 15 is 0 Å². The Morgan fingerprint density at radius 2 is 1.14 bits per heavy atom. The Morgan fingerprint density at radius 1 is 0.592 bits per heavy atom. The van der Waals surface area contributed by atoms with Gasteiger partial charge in [0.2, 0.25) is 0 Å². The second-order valence-corrected chi connectivity index (χ2v) is 10.8. The summed E-state index contributed by atoms with van der Waals surface area (Å²) in [6, 6.07) is 18.0. The van der Waals surface area contributed by atoms with Crippen LogP contribution in [-0.4, -0.2) is 63.3 Å². The lowest BCUT2D eigenvalue weighted by Crippen LogP contribution is -2.11. The van der Waals surface area contributed by atoms with E-state index in [2.05, 4.69) is 0 Å². The Hall–Kier alpha value is -6.30. The molecule has 49 heavy (non-hydrogen) atoms. The van der Waals surface area contributed by atoms with Crippen LogP contribution in [0.4, 0.5) is 4.39 Å². The predicted molar refractivity (Wildman–Crippen MR) is 175 cm³/mol. The van der Waals surface area contributed by atoms with Crippen LogP contribution in [0.5, 0.6) is 11.5 Å². The number of carboxylic acids is 4. The van der Waals surface area contributed by atoms with Crippen molar-refractivity contribution in [2.75, 3.05) is 13.2 Å². The number of ether oxygens (including phenoxy) is 2. The minimum atomic E-state index is -1.52. The van der Waals surface area contributed by atoms with Crippen LogP contribution >= 0.6 is 0 Å².